The second-order valence-electron chi connectivity index (χ2n) is 4.91. The van der Waals surface area contributed by atoms with Gasteiger partial charge in [0.1, 0.15) is 5.75 Å². The predicted octanol–water partition coefficient (Wildman–Crippen LogP) is 2.23. The minimum atomic E-state index is -0.257. The molecule has 3 aromatic rings. The summed E-state index contributed by atoms with van der Waals surface area (Å²) in [5.41, 5.74) is 1.32. The number of benzene rings is 1. The summed E-state index contributed by atoms with van der Waals surface area (Å²) in [5, 5.41) is 11.2. The third-order valence-corrected chi connectivity index (χ3v) is 3.43. The van der Waals surface area contributed by atoms with E-state index in [4.69, 9.17) is 4.74 Å². The van der Waals surface area contributed by atoms with E-state index in [2.05, 4.69) is 15.5 Å². The minimum Gasteiger partial charge on any atom is -0.497 e. The zero-order valence-electron chi connectivity index (χ0n) is 12.4. The molecule has 1 aromatic carbocycles. The maximum Gasteiger partial charge on any atom is 0.251 e. The van der Waals surface area contributed by atoms with Crippen LogP contribution in [0, 0.1) is 0 Å². The highest BCUT2D eigenvalue weighted by Crippen LogP contribution is 2.14. The van der Waals surface area contributed by atoms with Gasteiger partial charge >= 0.3 is 0 Å². The Bertz CT molecular complexity index is 795. The molecule has 6 heteroatoms. The molecule has 0 spiro atoms. The molecule has 1 unspecified atom stereocenters. The lowest BCUT2D eigenvalue weighted by Gasteiger charge is -2.12. The zero-order chi connectivity index (χ0) is 15.5. The molecule has 0 fully saturated rings. The van der Waals surface area contributed by atoms with Gasteiger partial charge < -0.3 is 10.1 Å². The highest BCUT2D eigenvalue weighted by molar-refractivity contribution is 5.94. The van der Waals surface area contributed by atoms with Crippen LogP contribution in [-0.2, 0) is 0 Å². The number of ether oxygens (including phenoxy) is 1. The molecule has 0 aliphatic rings. The smallest absolute Gasteiger partial charge is 0.251 e. The van der Waals surface area contributed by atoms with Crippen molar-refractivity contribution < 1.29 is 9.53 Å². The fraction of sp³-hybridized carbons (Fsp3) is 0.188. The second kappa shape index (κ2) is 5.85. The van der Waals surface area contributed by atoms with E-state index >= 15 is 0 Å². The van der Waals surface area contributed by atoms with Gasteiger partial charge in [0.15, 0.2) is 11.5 Å². The molecule has 2 aromatic heterocycles. The van der Waals surface area contributed by atoms with Crippen LogP contribution < -0.4 is 10.1 Å². The number of carbonyl (C=O) groups is 1. The van der Waals surface area contributed by atoms with Crippen LogP contribution in [0.15, 0.2) is 48.7 Å². The Morgan fingerprint density at radius 3 is 2.68 bits per heavy atom. The molecule has 1 amide bonds. The fourth-order valence-electron chi connectivity index (χ4n) is 2.24. The number of hydrogen-bond donors (Lipinski definition) is 1. The lowest BCUT2D eigenvalue weighted by molar-refractivity contribution is 0.0938. The van der Waals surface area contributed by atoms with Crippen molar-refractivity contribution in [3.63, 3.8) is 0 Å². The number of carbonyl (C=O) groups excluding carboxylic acids is 1. The standard InChI is InChI=1S/C16H16N4O2/c1-11(15-19-18-14-5-3-4-10-20(14)15)17-16(21)12-6-8-13(22-2)9-7-12/h3-11H,1-2H3,(H,17,21). The summed E-state index contributed by atoms with van der Waals surface area (Å²) >= 11 is 0. The molecule has 0 bridgehead atoms. The molecule has 0 radical (unpaired) electrons. The summed E-state index contributed by atoms with van der Waals surface area (Å²) in [7, 11) is 1.59. The van der Waals surface area contributed by atoms with Gasteiger partial charge in [-0.25, -0.2) is 0 Å². The molecule has 1 N–H and O–H groups in total. The molecular formula is C16H16N4O2. The van der Waals surface area contributed by atoms with Gasteiger partial charge in [0.2, 0.25) is 0 Å². The van der Waals surface area contributed by atoms with Gasteiger partial charge in [-0.2, -0.15) is 0 Å². The van der Waals surface area contributed by atoms with E-state index in [0.29, 0.717) is 17.1 Å². The summed E-state index contributed by atoms with van der Waals surface area (Å²) in [6, 6.07) is 12.4. The number of pyridine rings is 1. The van der Waals surface area contributed by atoms with E-state index in [9.17, 15) is 4.79 Å². The topological polar surface area (TPSA) is 68.5 Å². The highest BCUT2D eigenvalue weighted by atomic mass is 16.5. The number of aromatic nitrogens is 3. The molecule has 0 aliphatic carbocycles. The number of hydrogen-bond acceptors (Lipinski definition) is 4. The average molecular weight is 296 g/mol. The van der Waals surface area contributed by atoms with Crippen molar-refractivity contribution >= 4 is 11.6 Å². The molecular weight excluding hydrogens is 280 g/mol. The lowest BCUT2D eigenvalue weighted by Crippen LogP contribution is -2.27. The van der Waals surface area contributed by atoms with Crippen LogP contribution in [0.3, 0.4) is 0 Å². The van der Waals surface area contributed by atoms with Crippen molar-refractivity contribution in [2.24, 2.45) is 0 Å². The first-order chi connectivity index (χ1) is 10.7. The third kappa shape index (κ3) is 2.63. The molecule has 22 heavy (non-hydrogen) atoms. The van der Waals surface area contributed by atoms with Crippen LogP contribution in [-0.4, -0.2) is 27.6 Å². The number of nitrogens with zero attached hydrogens (tertiary/aromatic N) is 3. The molecule has 0 aliphatic heterocycles. The Kier molecular flexibility index (Phi) is 3.74. The van der Waals surface area contributed by atoms with E-state index in [0.717, 1.165) is 5.65 Å². The fourth-order valence-corrected chi connectivity index (χ4v) is 2.24. The molecule has 3 rings (SSSR count). The van der Waals surface area contributed by atoms with Crippen LogP contribution in [0.2, 0.25) is 0 Å². The summed E-state index contributed by atoms with van der Waals surface area (Å²) in [6.07, 6.45) is 1.88. The number of nitrogens with one attached hydrogen (secondary N) is 1. The Balaban J connectivity index is 1.78. The zero-order valence-corrected chi connectivity index (χ0v) is 12.4. The largest absolute Gasteiger partial charge is 0.497 e. The van der Waals surface area contributed by atoms with Crippen LogP contribution in [0.5, 0.6) is 5.75 Å². The Morgan fingerprint density at radius 1 is 1.18 bits per heavy atom. The first-order valence-corrected chi connectivity index (χ1v) is 6.93. The van der Waals surface area contributed by atoms with E-state index in [-0.39, 0.29) is 11.9 Å². The Morgan fingerprint density at radius 2 is 1.95 bits per heavy atom. The van der Waals surface area contributed by atoms with E-state index in [1.165, 1.54) is 0 Å². The van der Waals surface area contributed by atoms with Gasteiger partial charge in [0.25, 0.3) is 5.91 Å². The van der Waals surface area contributed by atoms with Crippen LogP contribution in [0.1, 0.15) is 29.1 Å². The van der Waals surface area contributed by atoms with Gasteiger partial charge in [-0.3, -0.25) is 9.20 Å². The lowest BCUT2D eigenvalue weighted by atomic mass is 10.2. The van der Waals surface area contributed by atoms with Gasteiger partial charge in [-0.05, 0) is 43.3 Å². The number of amides is 1. The van der Waals surface area contributed by atoms with Crippen LogP contribution in [0.4, 0.5) is 0 Å². The first-order valence-electron chi connectivity index (χ1n) is 6.93. The molecule has 0 saturated heterocycles. The third-order valence-electron chi connectivity index (χ3n) is 3.43. The molecule has 1 atom stereocenters. The molecule has 112 valence electrons. The predicted molar refractivity (Wildman–Crippen MR) is 81.9 cm³/mol. The highest BCUT2D eigenvalue weighted by Gasteiger charge is 2.16. The molecule has 6 nitrogen and oxygen atoms in total. The summed E-state index contributed by atoms with van der Waals surface area (Å²) in [5.74, 6) is 1.24. The van der Waals surface area contributed by atoms with Crippen LogP contribution >= 0.6 is 0 Å². The Labute approximate surface area is 127 Å². The van der Waals surface area contributed by atoms with E-state index < -0.39 is 0 Å². The van der Waals surface area contributed by atoms with E-state index in [1.54, 1.807) is 31.4 Å². The quantitative estimate of drug-likeness (QED) is 0.801. The van der Waals surface area contributed by atoms with Gasteiger partial charge in [0, 0.05) is 11.8 Å². The number of fused-ring (bicyclic) bond motifs is 1. The van der Waals surface area contributed by atoms with E-state index in [1.807, 2.05) is 35.7 Å². The number of rotatable bonds is 4. The molecule has 2 heterocycles. The van der Waals surface area contributed by atoms with Gasteiger partial charge in [-0.1, -0.05) is 6.07 Å². The van der Waals surface area contributed by atoms with Crippen molar-refractivity contribution in [1.29, 1.82) is 0 Å². The first kappa shape index (κ1) is 14.1. The monoisotopic (exact) mass is 296 g/mol. The summed E-state index contributed by atoms with van der Waals surface area (Å²) in [4.78, 5) is 12.3. The molecule has 0 saturated carbocycles. The van der Waals surface area contributed by atoms with Crippen molar-refractivity contribution in [1.82, 2.24) is 19.9 Å². The Hall–Kier alpha value is -2.89. The minimum absolute atomic E-state index is 0.164. The van der Waals surface area contributed by atoms with Crippen LogP contribution in [0.25, 0.3) is 5.65 Å². The van der Waals surface area contributed by atoms with Crippen molar-refractivity contribution in [3.8, 4) is 5.75 Å². The average Bonchev–Trinajstić information content (AvgIpc) is 2.99. The normalized spacial score (nSPS) is 12.1. The summed E-state index contributed by atoms with van der Waals surface area (Å²) < 4.78 is 6.94. The van der Waals surface area contributed by atoms with Gasteiger partial charge in [0.05, 0.1) is 13.2 Å². The van der Waals surface area contributed by atoms with Gasteiger partial charge in [-0.15, -0.1) is 10.2 Å². The second-order valence-corrected chi connectivity index (χ2v) is 4.91. The summed E-state index contributed by atoms with van der Waals surface area (Å²) in [6.45, 7) is 1.88. The van der Waals surface area contributed by atoms with Crippen molar-refractivity contribution in [2.45, 2.75) is 13.0 Å². The SMILES string of the molecule is COc1ccc(C(=O)NC(C)c2nnc3ccccn23)cc1. The number of methoxy groups -OCH3 is 1. The van der Waals surface area contributed by atoms with Crippen molar-refractivity contribution in [2.75, 3.05) is 7.11 Å². The maximum absolute atomic E-state index is 12.3. The van der Waals surface area contributed by atoms with Crippen molar-refractivity contribution in [3.05, 3.63) is 60.0 Å². The maximum atomic E-state index is 12.3.